The van der Waals surface area contributed by atoms with Crippen molar-refractivity contribution in [1.29, 1.82) is 0 Å². The monoisotopic (exact) mass is 272 g/mol. The summed E-state index contributed by atoms with van der Waals surface area (Å²) in [6.45, 7) is 2.02. The number of aliphatic hydroxyl groups is 1. The van der Waals surface area contributed by atoms with Gasteiger partial charge in [-0.25, -0.2) is 0 Å². The van der Waals surface area contributed by atoms with Gasteiger partial charge >= 0.3 is 0 Å². The fourth-order valence-electron chi connectivity index (χ4n) is 2.91. The van der Waals surface area contributed by atoms with E-state index >= 15 is 0 Å². The van der Waals surface area contributed by atoms with Crippen molar-refractivity contribution in [2.24, 2.45) is 11.8 Å². The third-order valence-electron chi connectivity index (χ3n) is 4.04. The maximum absolute atomic E-state index is 11.8. The molecule has 4 nitrogen and oxygen atoms in total. The summed E-state index contributed by atoms with van der Waals surface area (Å²) in [4.78, 5) is 11.8. The highest BCUT2D eigenvalue weighted by atomic mass is 32.2. The summed E-state index contributed by atoms with van der Waals surface area (Å²) in [5.74, 6) is 3.22. The molecule has 1 aliphatic heterocycles. The molecule has 1 amide bonds. The van der Waals surface area contributed by atoms with Gasteiger partial charge in [0.2, 0.25) is 5.91 Å². The highest BCUT2D eigenvalue weighted by Crippen LogP contribution is 2.30. The molecule has 0 aromatic heterocycles. The topological polar surface area (TPSA) is 61.4 Å². The molecule has 2 rings (SSSR count). The molecule has 1 saturated carbocycles. The lowest BCUT2D eigenvalue weighted by atomic mass is 9.97. The average molecular weight is 272 g/mol. The number of carbonyl (C=O) groups is 1. The van der Waals surface area contributed by atoms with E-state index in [1.165, 1.54) is 6.42 Å². The van der Waals surface area contributed by atoms with Crippen LogP contribution >= 0.6 is 11.8 Å². The molecule has 2 fully saturated rings. The van der Waals surface area contributed by atoms with Gasteiger partial charge in [-0.1, -0.05) is 6.42 Å². The van der Waals surface area contributed by atoms with E-state index in [4.69, 9.17) is 0 Å². The van der Waals surface area contributed by atoms with Gasteiger partial charge in [0, 0.05) is 43.7 Å². The Morgan fingerprint density at radius 3 is 2.94 bits per heavy atom. The summed E-state index contributed by atoms with van der Waals surface area (Å²) in [5, 5.41) is 15.7. The molecule has 0 aromatic rings. The molecule has 2 aliphatic rings. The predicted octanol–water partition coefficient (Wildman–Crippen LogP) is 0.606. The van der Waals surface area contributed by atoms with Crippen LogP contribution in [-0.4, -0.2) is 48.3 Å². The molecule has 0 aromatic carbocycles. The second-order valence-corrected chi connectivity index (χ2v) is 6.52. The minimum atomic E-state index is 0.151. The van der Waals surface area contributed by atoms with Gasteiger partial charge in [-0.2, -0.15) is 11.8 Å². The summed E-state index contributed by atoms with van der Waals surface area (Å²) in [7, 11) is 0. The molecule has 1 saturated heterocycles. The smallest absolute Gasteiger partial charge is 0.221 e. The van der Waals surface area contributed by atoms with Crippen molar-refractivity contribution in [1.82, 2.24) is 10.6 Å². The number of amides is 1. The van der Waals surface area contributed by atoms with Crippen LogP contribution < -0.4 is 10.6 Å². The fourth-order valence-corrected chi connectivity index (χ4v) is 3.86. The van der Waals surface area contributed by atoms with Crippen molar-refractivity contribution in [2.75, 3.05) is 31.2 Å². The van der Waals surface area contributed by atoms with Crippen LogP contribution in [0.2, 0.25) is 0 Å². The zero-order valence-electron chi connectivity index (χ0n) is 10.9. The first-order valence-corrected chi connectivity index (χ1v) is 8.13. The number of hydrogen-bond acceptors (Lipinski definition) is 4. The maximum Gasteiger partial charge on any atom is 0.221 e. The van der Waals surface area contributed by atoms with Crippen LogP contribution in [0.5, 0.6) is 0 Å². The Bertz CT molecular complexity index is 270. The Morgan fingerprint density at radius 1 is 1.39 bits per heavy atom. The summed E-state index contributed by atoms with van der Waals surface area (Å²) >= 11 is 1.92. The second kappa shape index (κ2) is 7.36. The molecular formula is C13H24N2O2S. The first-order valence-electron chi connectivity index (χ1n) is 6.98. The molecular weight excluding hydrogens is 248 g/mol. The van der Waals surface area contributed by atoms with Crippen LogP contribution in [0.4, 0.5) is 0 Å². The van der Waals surface area contributed by atoms with Crippen molar-refractivity contribution in [3.05, 3.63) is 0 Å². The molecule has 1 aliphatic carbocycles. The lowest BCUT2D eigenvalue weighted by Crippen LogP contribution is -2.42. The molecule has 1 heterocycles. The van der Waals surface area contributed by atoms with E-state index in [0.29, 0.717) is 24.3 Å². The number of hydrogen-bond donors (Lipinski definition) is 3. The van der Waals surface area contributed by atoms with E-state index in [0.717, 1.165) is 37.4 Å². The summed E-state index contributed by atoms with van der Waals surface area (Å²) in [5.41, 5.74) is 0. The Morgan fingerprint density at radius 2 is 2.22 bits per heavy atom. The van der Waals surface area contributed by atoms with E-state index in [-0.39, 0.29) is 12.5 Å². The molecule has 3 N–H and O–H groups in total. The summed E-state index contributed by atoms with van der Waals surface area (Å²) < 4.78 is 0. The molecule has 104 valence electrons. The van der Waals surface area contributed by atoms with E-state index in [9.17, 15) is 9.90 Å². The number of rotatable bonds is 5. The predicted molar refractivity (Wildman–Crippen MR) is 74.7 cm³/mol. The second-order valence-electron chi connectivity index (χ2n) is 5.37. The third-order valence-corrected chi connectivity index (χ3v) is 5.17. The Hall–Kier alpha value is -0.260. The van der Waals surface area contributed by atoms with Gasteiger partial charge in [-0.05, 0) is 24.7 Å². The van der Waals surface area contributed by atoms with E-state index in [1.807, 2.05) is 11.8 Å². The van der Waals surface area contributed by atoms with Gasteiger partial charge in [0.15, 0.2) is 0 Å². The van der Waals surface area contributed by atoms with Gasteiger partial charge < -0.3 is 15.7 Å². The van der Waals surface area contributed by atoms with Crippen molar-refractivity contribution < 1.29 is 9.90 Å². The van der Waals surface area contributed by atoms with Gasteiger partial charge in [-0.15, -0.1) is 0 Å². The van der Waals surface area contributed by atoms with Crippen molar-refractivity contribution >= 4 is 17.7 Å². The zero-order valence-corrected chi connectivity index (χ0v) is 11.7. The number of carbonyl (C=O) groups excluding carboxylic acids is 1. The zero-order chi connectivity index (χ0) is 12.8. The highest BCUT2D eigenvalue weighted by molar-refractivity contribution is 7.99. The SMILES string of the molecule is O=C(CC1CSCCN1)NCC1CCCC1CO. The Kier molecular flexibility index (Phi) is 5.79. The van der Waals surface area contributed by atoms with E-state index < -0.39 is 0 Å². The summed E-state index contributed by atoms with van der Waals surface area (Å²) in [6.07, 6.45) is 4.02. The fraction of sp³-hybridized carbons (Fsp3) is 0.923. The van der Waals surface area contributed by atoms with Gasteiger partial charge in [0.05, 0.1) is 0 Å². The molecule has 0 bridgehead atoms. The maximum atomic E-state index is 11.8. The van der Waals surface area contributed by atoms with Crippen LogP contribution in [0, 0.1) is 11.8 Å². The van der Waals surface area contributed by atoms with Crippen molar-refractivity contribution in [3.8, 4) is 0 Å². The minimum absolute atomic E-state index is 0.151. The summed E-state index contributed by atoms with van der Waals surface area (Å²) in [6, 6.07) is 0.334. The van der Waals surface area contributed by atoms with Gasteiger partial charge in [-0.3, -0.25) is 4.79 Å². The highest BCUT2D eigenvalue weighted by Gasteiger charge is 2.27. The molecule has 0 radical (unpaired) electrons. The average Bonchev–Trinajstić information content (AvgIpc) is 2.85. The normalized spacial score (nSPS) is 32.4. The molecule has 0 spiro atoms. The number of aliphatic hydroxyl groups excluding tert-OH is 1. The van der Waals surface area contributed by atoms with Crippen molar-refractivity contribution in [3.63, 3.8) is 0 Å². The number of nitrogens with one attached hydrogen (secondary N) is 2. The van der Waals surface area contributed by atoms with Crippen LogP contribution in [0.15, 0.2) is 0 Å². The standard InChI is InChI=1S/C13H24N2O2S/c16-8-11-3-1-2-10(11)7-15-13(17)6-12-9-18-5-4-14-12/h10-12,14,16H,1-9H2,(H,15,17). The molecule has 3 unspecified atom stereocenters. The Labute approximate surface area is 113 Å². The van der Waals surface area contributed by atoms with Crippen LogP contribution in [0.25, 0.3) is 0 Å². The lowest BCUT2D eigenvalue weighted by Gasteiger charge is -2.23. The van der Waals surface area contributed by atoms with E-state index in [1.54, 1.807) is 0 Å². The molecule has 3 atom stereocenters. The van der Waals surface area contributed by atoms with Crippen LogP contribution in [0.1, 0.15) is 25.7 Å². The molecule has 5 heteroatoms. The van der Waals surface area contributed by atoms with Crippen LogP contribution in [0.3, 0.4) is 0 Å². The number of thioether (sulfide) groups is 1. The largest absolute Gasteiger partial charge is 0.396 e. The molecule has 18 heavy (non-hydrogen) atoms. The van der Waals surface area contributed by atoms with Crippen LogP contribution in [-0.2, 0) is 4.79 Å². The van der Waals surface area contributed by atoms with Gasteiger partial charge in [0.1, 0.15) is 0 Å². The van der Waals surface area contributed by atoms with Crippen molar-refractivity contribution in [2.45, 2.75) is 31.7 Å². The quantitative estimate of drug-likeness (QED) is 0.686. The third kappa shape index (κ3) is 4.14. The first-order chi connectivity index (χ1) is 8.79. The van der Waals surface area contributed by atoms with E-state index in [2.05, 4.69) is 10.6 Å². The Balaban J connectivity index is 1.64. The van der Waals surface area contributed by atoms with Gasteiger partial charge in [0.25, 0.3) is 0 Å². The lowest BCUT2D eigenvalue weighted by molar-refractivity contribution is -0.121. The minimum Gasteiger partial charge on any atom is -0.396 e. The first kappa shape index (κ1) is 14.2.